The fourth-order valence-corrected chi connectivity index (χ4v) is 4.22. The van der Waals surface area contributed by atoms with E-state index in [9.17, 15) is 19.7 Å². The topological polar surface area (TPSA) is 105 Å². The summed E-state index contributed by atoms with van der Waals surface area (Å²) in [5.41, 5.74) is 0.0446. The van der Waals surface area contributed by atoms with Gasteiger partial charge in [0.2, 0.25) is 5.91 Å². The molecule has 3 rings (SSSR count). The number of thioether (sulfide) groups is 1. The molecule has 2 heterocycles. The lowest BCUT2D eigenvalue weighted by Crippen LogP contribution is -2.48. The zero-order chi connectivity index (χ0) is 19.4. The molecule has 1 aromatic carbocycles. The highest BCUT2D eigenvalue weighted by molar-refractivity contribution is 7.98. The highest BCUT2D eigenvalue weighted by Crippen LogP contribution is 2.27. The van der Waals surface area contributed by atoms with Gasteiger partial charge in [0.1, 0.15) is 6.04 Å². The minimum absolute atomic E-state index is 0. The molecule has 2 aliphatic rings. The summed E-state index contributed by atoms with van der Waals surface area (Å²) in [5, 5.41) is 17.1. The van der Waals surface area contributed by atoms with Crippen molar-refractivity contribution < 1.29 is 14.5 Å². The summed E-state index contributed by atoms with van der Waals surface area (Å²) in [6, 6.07) is 4.95. The van der Waals surface area contributed by atoms with Crippen LogP contribution in [0.2, 0.25) is 0 Å². The van der Waals surface area contributed by atoms with Gasteiger partial charge in [-0.05, 0) is 36.3 Å². The van der Waals surface area contributed by atoms with E-state index in [0.717, 1.165) is 31.9 Å². The number of benzene rings is 1. The number of likely N-dealkylation sites (tertiary alicyclic amines) is 1. The van der Waals surface area contributed by atoms with Gasteiger partial charge in [-0.25, -0.2) is 0 Å². The molecule has 8 nitrogen and oxygen atoms in total. The molecule has 0 bridgehead atoms. The maximum absolute atomic E-state index is 13.0. The van der Waals surface area contributed by atoms with Gasteiger partial charge in [0.15, 0.2) is 0 Å². The Hall–Kier alpha value is -1.84. The SMILES string of the molecule is CSCCC(NC(=O)c1cccc([N+](=O)[O-])c1)C(=O)N1C[C@H]2CNC[C@H]2C1.Cl. The predicted octanol–water partition coefficient (Wildman–Crippen LogP) is 1.55. The number of carbonyl (C=O) groups is 2. The van der Waals surface area contributed by atoms with Gasteiger partial charge in [-0.2, -0.15) is 11.8 Å². The fourth-order valence-electron chi connectivity index (χ4n) is 3.75. The number of hydrogen-bond acceptors (Lipinski definition) is 6. The second-order valence-corrected chi connectivity index (χ2v) is 8.02. The van der Waals surface area contributed by atoms with Crippen molar-refractivity contribution in [2.45, 2.75) is 12.5 Å². The summed E-state index contributed by atoms with van der Waals surface area (Å²) in [7, 11) is 0. The van der Waals surface area contributed by atoms with Crippen LogP contribution in [-0.2, 0) is 4.79 Å². The third kappa shape index (κ3) is 5.15. The Morgan fingerprint density at radius 2 is 2.04 bits per heavy atom. The van der Waals surface area contributed by atoms with Crippen LogP contribution in [0.1, 0.15) is 16.8 Å². The molecule has 2 saturated heterocycles. The molecular formula is C18H25ClN4O4S. The Bertz CT molecular complexity index is 723. The second-order valence-electron chi connectivity index (χ2n) is 7.04. The van der Waals surface area contributed by atoms with E-state index in [4.69, 9.17) is 0 Å². The van der Waals surface area contributed by atoms with Crippen molar-refractivity contribution >= 4 is 41.7 Å². The molecule has 2 fully saturated rings. The lowest BCUT2D eigenvalue weighted by Gasteiger charge is -2.25. The number of rotatable bonds is 7. The van der Waals surface area contributed by atoms with E-state index >= 15 is 0 Å². The molecule has 0 saturated carbocycles. The molecule has 10 heteroatoms. The van der Waals surface area contributed by atoms with Crippen LogP contribution in [0.3, 0.4) is 0 Å². The molecule has 2 aliphatic heterocycles. The number of hydrogen-bond donors (Lipinski definition) is 2. The Morgan fingerprint density at radius 3 is 2.64 bits per heavy atom. The lowest BCUT2D eigenvalue weighted by molar-refractivity contribution is -0.384. The molecule has 0 aromatic heterocycles. The van der Waals surface area contributed by atoms with Crippen molar-refractivity contribution in [2.24, 2.45) is 11.8 Å². The van der Waals surface area contributed by atoms with E-state index < -0.39 is 16.9 Å². The van der Waals surface area contributed by atoms with Gasteiger partial charge < -0.3 is 15.5 Å². The van der Waals surface area contributed by atoms with E-state index in [0.29, 0.717) is 18.3 Å². The summed E-state index contributed by atoms with van der Waals surface area (Å²) in [6.45, 7) is 3.31. The van der Waals surface area contributed by atoms with Crippen molar-refractivity contribution in [3.8, 4) is 0 Å². The normalized spacial score (nSPS) is 21.5. The molecule has 2 amide bonds. The smallest absolute Gasteiger partial charge is 0.270 e. The number of nitrogens with one attached hydrogen (secondary N) is 2. The number of carbonyl (C=O) groups excluding carboxylic acids is 2. The average molecular weight is 429 g/mol. The van der Waals surface area contributed by atoms with Crippen LogP contribution in [0.25, 0.3) is 0 Å². The number of nitro benzene ring substituents is 1. The van der Waals surface area contributed by atoms with Gasteiger partial charge in [0, 0.05) is 43.9 Å². The summed E-state index contributed by atoms with van der Waals surface area (Å²) < 4.78 is 0. The lowest BCUT2D eigenvalue weighted by atomic mass is 10.0. The van der Waals surface area contributed by atoms with Crippen LogP contribution < -0.4 is 10.6 Å². The van der Waals surface area contributed by atoms with Gasteiger partial charge in [-0.3, -0.25) is 19.7 Å². The van der Waals surface area contributed by atoms with Crippen LogP contribution in [0, 0.1) is 22.0 Å². The van der Waals surface area contributed by atoms with Crippen LogP contribution in [0.15, 0.2) is 24.3 Å². The predicted molar refractivity (Wildman–Crippen MR) is 111 cm³/mol. The first-order valence-corrected chi connectivity index (χ1v) is 10.4. The van der Waals surface area contributed by atoms with Crippen LogP contribution in [0.5, 0.6) is 0 Å². The van der Waals surface area contributed by atoms with Crippen molar-refractivity contribution in [2.75, 3.05) is 38.2 Å². The average Bonchev–Trinajstić information content (AvgIpc) is 3.26. The number of non-ortho nitro benzene ring substituents is 1. The largest absolute Gasteiger partial charge is 0.340 e. The minimum Gasteiger partial charge on any atom is -0.340 e. The molecule has 0 aliphatic carbocycles. The first-order valence-electron chi connectivity index (χ1n) is 9.03. The summed E-state index contributed by atoms with van der Waals surface area (Å²) in [4.78, 5) is 37.8. The molecular weight excluding hydrogens is 404 g/mol. The molecule has 2 N–H and O–H groups in total. The number of fused-ring (bicyclic) bond motifs is 1. The monoisotopic (exact) mass is 428 g/mol. The fraction of sp³-hybridized carbons (Fsp3) is 0.556. The van der Waals surface area contributed by atoms with E-state index in [1.54, 1.807) is 11.8 Å². The van der Waals surface area contributed by atoms with Gasteiger partial charge in [-0.15, -0.1) is 12.4 Å². The standard InChI is InChI=1S/C18H24N4O4S.ClH/c1-27-6-5-16(18(24)21-10-13-8-19-9-14(13)11-21)20-17(23)12-3-2-4-15(7-12)22(25)26;/h2-4,7,13-14,16,19H,5-6,8-11H2,1H3,(H,20,23);1H/t13-,14+,16?;. The number of amides is 2. The molecule has 0 radical (unpaired) electrons. The Balaban J connectivity index is 0.00000280. The third-order valence-electron chi connectivity index (χ3n) is 5.23. The zero-order valence-corrected chi connectivity index (χ0v) is 17.3. The van der Waals surface area contributed by atoms with E-state index in [-0.39, 0.29) is 29.6 Å². The van der Waals surface area contributed by atoms with E-state index in [2.05, 4.69) is 10.6 Å². The molecule has 1 aromatic rings. The summed E-state index contributed by atoms with van der Waals surface area (Å²) in [6.07, 6.45) is 2.49. The first-order chi connectivity index (χ1) is 13.0. The van der Waals surface area contributed by atoms with Gasteiger partial charge in [0.25, 0.3) is 11.6 Å². The van der Waals surface area contributed by atoms with Crippen molar-refractivity contribution in [3.63, 3.8) is 0 Å². The molecule has 3 atom stereocenters. The Kier molecular flexibility index (Phi) is 8.09. The van der Waals surface area contributed by atoms with Crippen molar-refractivity contribution in [1.82, 2.24) is 15.5 Å². The quantitative estimate of drug-likeness (QED) is 0.504. The molecule has 28 heavy (non-hydrogen) atoms. The second kappa shape index (κ2) is 10.1. The summed E-state index contributed by atoms with van der Waals surface area (Å²) in [5.74, 6) is 1.20. The number of halogens is 1. The van der Waals surface area contributed by atoms with Gasteiger partial charge >= 0.3 is 0 Å². The van der Waals surface area contributed by atoms with Crippen molar-refractivity contribution in [1.29, 1.82) is 0 Å². The number of nitro groups is 1. The maximum Gasteiger partial charge on any atom is 0.270 e. The highest BCUT2D eigenvalue weighted by atomic mass is 35.5. The summed E-state index contributed by atoms with van der Waals surface area (Å²) >= 11 is 1.61. The highest BCUT2D eigenvalue weighted by Gasteiger charge is 2.40. The van der Waals surface area contributed by atoms with Gasteiger partial charge in [-0.1, -0.05) is 6.07 Å². The zero-order valence-electron chi connectivity index (χ0n) is 15.6. The number of nitrogens with zero attached hydrogens (tertiary/aromatic N) is 2. The minimum atomic E-state index is -0.615. The van der Waals surface area contributed by atoms with Gasteiger partial charge in [0.05, 0.1) is 4.92 Å². The van der Waals surface area contributed by atoms with E-state index in [1.165, 1.54) is 24.3 Å². The molecule has 1 unspecified atom stereocenters. The molecule has 0 spiro atoms. The molecule has 154 valence electrons. The Labute approximate surface area is 174 Å². The Morgan fingerprint density at radius 1 is 1.36 bits per heavy atom. The van der Waals surface area contributed by atoms with E-state index in [1.807, 2.05) is 11.2 Å². The maximum atomic E-state index is 13.0. The first kappa shape index (κ1) is 22.4. The van der Waals surface area contributed by atoms with Crippen molar-refractivity contribution in [3.05, 3.63) is 39.9 Å². The van der Waals surface area contributed by atoms with Crippen LogP contribution in [-0.4, -0.2) is 65.9 Å². The van der Waals surface area contributed by atoms with Crippen LogP contribution in [0.4, 0.5) is 5.69 Å². The third-order valence-corrected chi connectivity index (χ3v) is 5.88. The van der Waals surface area contributed by atoms with Crippen LogP contribution >= 0.6 is 24.2 Å².